The number of nitrogens with two attached hydrogens (primary N) is 1. The van der Waals surface area contributed by atoms with E-state index >= 15 is 0 Å². The van der Waals surface area contributed by atoms with E-state index in [-0.39, 0.29) is 23.7 Å². The molecule has 1 atom stereocenters. The maximum absolute atomic E-state index is 12.5. The number of amides is 1. The lowest BCUT2D eigenvalue weighted by molar-refractivity contribution is -0.129. The van der Waals surface area contributed by atoms with Crippen LogP contribution in [-0.2, 0) is 9.53 Å². The predicted octanol–water partition coefficient (Wildman–Crippen LogP) is 1.33. The molecule has 0 fully saturated rings. The minimum absolute atomic E-state index is 0.0464. The van der Waals surface area contributed by atoms with Crippen LogP contribution in [0.15, 0.2) is 5.16 Å². The summed E-state index contributed by atoms with van der Waals surface area (Å²) in [6.45, 7) is 8.15. The van der Waals surface area contributed by atoms with Crippen LogP contribution in [0.5, 0.6) is 0 Å². The molecule has 0 aromatic carbocycles. The second-order valence-electron chi connectivity index (χ2n) is 5.05. The van der Waals surface area contributed by atoms with Crippen LogP contribution >= 0.6 is 0 Å². The summed E-state index contributed by atoms with van der Waals surface area (Å²) in [7, 11) is 1.60. The molecular formula is C13H27N3O3. The van der Waals surface area contributed by atoms with Gasteiger partial charge in [-0.25, -0.2) is 0 Å². The molecule has 0 spiro atoms. The summed E-state index contributed by atoms with van der Waals surface area (Å²) >= 11 is 0. The third kappa shape index (κ3) is 4.09. The summed E-state index contributed by atoms with van der Waals surface area (Å²) in [5.41, 5.74) is 4.75. The van der Waals surface area contributed by atoms with E-state index in [4.69, 9.17) is 15.7 Å². The zero-order valence-corrected chi connectivity index (χ0v) is 12.6. The molecule has 6 heteroatoms. The summed E-state index contributed by atoms with van der Waals surface area (Å²) < 4.78 is 5.11. The van der Waals surface area contributed by atoms with Crippen molar-refractivity contribution in [2.24, 2.45) is 22.2 Å². The fourth-order valence-electron chi connectivity index (χ4n) is 2.03. The first-order chi connectivity index (χ1) is 8.89. The monoisotopic (exact) mass is 273 g/mol. The predicted molar refractivity (Wildman–Crippen MR) is 75.1 cm³/mol. The Balaban J connectivity index is 5.11. The van der Waals surface area contributed by atoms with E-state index in [1.54, 1.807) is 7.11 Å². The molecule has 6 nitrogen and oxygen atoms in total. The Labute approximate surface area is 115 Å². The van der Waals surface area contributed by atoms with Crippen LogP contribution in [0.25, 0.3) is 0 Å². The average molecular weight is 273 g/mol. The molecule has 0 bridgehead atoms. The number of carbonyl (C=O) groups excluding carboxylic acids is 1. The first kappa shape index (κ1) is 17.7. The van der Waals surface area contributed by atoms with E-state index < -0.39 is 5.41 Å². The zero-order chi connectivity index (χ0) is 15.1. The second-order valence-corrected chi connectivity index (χ2v) is 5.05. The molecule has 0 aromatic heterocycles. The van der Waals surface area contributed by atoms with Gasteiger partial charge in [0.15, 0.2) is 5.84 Å². The fraction of sp³-hybridized carbons (Fsp3) is 0.846. The van der Waals surface area contributed by atoms with Crippen molar-refractivity contribution < 1.29 is 14.7 Å². The maximum atomic E-state index is 12.5. The molecule has 0 aliphatic heterocycles. The van der Waals surface area contributed by atoms with E-state index in [1.165, 1.54) is 0 Å². The van der Waals surface area contributed by atoms with Crippen molar-refractivity contribution in [1.29, 1.82) is 0 Å². The van der Waals surface area contributed by atoms with Crippen molar-refractivity contribution in [3.05, 3.63) is 0 Å². The molecule has 0 aliphatic rings. The van der Waals surface area contributed by atoms with Crippen molar-refractivity contribution >= 4 is 11.7 Å². The lowest BCUT2D eigenvalue weighted by atomic mass is 9.79. The van der Waals surface area contributed by atoms with E-state index in [0.717, 1.165) is 0 Å². The second kappa shape index (κ2) is 7.99. The number of rotatable bonds is 8. The van der Waals surface area contributed by atoms with Gasteiger partial charge in [-0.1, -0.05) is 32.9 Å². The fourth-order valence-corrected chi connectivity index (χ4v) is 2.03. The maximum Gasteiger partial charge on any atom is 0.234 e. The highest BCUT2D eigenvalue weighted by Crippen LogP contribution is 2.27. The Morgan fingerprint density at radius 2 is 1.95 bits per heavy atom. The molecule has 0 aliphatic carbocycles. The van der Waals surface area contributed by atoms with Crippen LogP contribution in [-0.4, -0.2) is 36.7 Å². The van der Waals surface area contributed by atoms with E-state index in [2.05, 4.69) is 10.5 Å². The Kier molecular flexibility index (Phi) is 7.44. The van der Waals surface area contributed by atoms with Crippen molar-refractivity contribution in [2.45, 2.75) is 46.6 Å². The highest BCUT2D eigenvalue weighted by atomic mass is 16.5. The molecule has 112 valence electrons. The van der Waals surface area contributed by atoms with E-state index in [1.807, 2.05) is 27.7 Å². The first-order valence-electron chi connectivity index (χ1n) is 6.67. The molecule has 19 heavy (non-hydrogen) atoms. The normalized spacial score (nSPS) is 14.5. The van der Waals surface area contributed by atoms with Crippen LogP contribution in [0.1, 0.15) is 40.5 Å². The van der Waals surface area contributed by atoms with Crippen LogP contribution in [0.4, 0.5) is 0 Å². The average Bonchev–Trinajstić information content (AvgIpc) is 2.39. The van der Waals surface area contributed by atoms with Gasteiger partial charge >= 0.3 is 0 Å². The number of nitrogens with one attached hydrogen (secondary N) is 1. The molecule has 0 saturated heterocycles. The topological polar surface area (TPSA) is 96.9 Å². The lowest BCUT2D eigenvalue weighted by Gasteiger charge is -2.32. The third-order valence-corrected chi connectivity index (χ3v) is 3.71. The molecule has 1 amide bonds. The number of hydrogen-bond donors (Lipinski definition) is 3. The quantitative estimate of drug-likeness (QED) is 0.269. The van der Waals surface area contributed by atoms with Gasteiger partial charge in [0.25, 0.3) is 0 Å². The standard InChI is InChI=1S/C13H27N3O3/c1-6-13(7-2,11(14)16-18)12(17)15-10(8-19-5)9(3)4/h9-10,18H,6-8H2,1-5H3,(H2,14,16)(H,15,17). The minimum Gasteiger partial charge on any atom is -0.409 e. The Morgan fingerprint density at radius 3 is 2.26 bits per heavy atom. The van der Waals surface area contributed by atoms with Crippen LogP contribution in [0.2, 0.25) is 0 Å². The lowest BCUT2D eigenvalue weighted by Crippen LogP contribution is -2.53. The molecule has 0 heterocycles. The third-order valence-electron chi connectivity index (χ3n) is 3.71. The number of carbonyl (C=O) groups is 1. The van der Waals surface area contributed by atoms with Crippen LogP contribution in [0.3, 0.4) is 0 Å². The van der Waals surface area contributed by atoms with Gasteiger partial charge < -0.3 is 21.0 Å². The number of nitrogens with zero attached hydrogens (tertiary/aromatic N) is 1. The number of methoxy groups -OCH3 is 1. The van der Waals surface area contributed by atoms with Gasteiger partial charge in [0, 0.05) is 7.11 Å². The highest BCUT2D eigenvalue weighted by molar-refractivity contribution is 6.06. The van der Waals surface area contributed by atoms with Gasteiger partial charge in [0.1, 0.15) is 5.41 Å². The van der Waals surface area contributed by atoms with Gasteiger partial charge in [-0.2, -0.15) is 0 Å². The van der Waals surface area contributed by atoms with Gasteiger partial charge in [0.2, 0.25) is 5.91 Å². The Bertz CT molecular complexity index is 312. The van der Waals surface area contributed by atoms with Crippen molar-refractivity contribution in [3.63, 3.8) is 0 Å². The molecular weight excluding hydrogens is 246 g/mol. The van der Waals surface area contributed by atoms with E-state index in [0.29, 0.717) is 19.4 Å². The molecule has 1 unspecified atom stereocenters. The summed E-state index contributed by atoms with van der Waals surface area (Å²) in [4.78, 5) is 12.5. The zero-order valence-electron chi connectivity index (χ0n) is 12.6. The first-order valence-corrected chi connectivity index (χ1v) is 6.67. The summed E-state index contributed by atoms with van der Waals surface area (Å²) in [6.07, 6.45) is 0.950. The SMILES string of the molecule is CCC(CC)(C(=O)NC(COC)C(C)C)C(N)=NO. The molecule has 0 radical (unpaired) electrons. The Morgan fingerprint density at radius 1 is 1.42 bits per heavy atom. The van der Waals surface area contributed by atoms with Crippen molar-refractivity contribution in [2.75, 3.05) is 13.7 Å². The highest BCUT2D eigenvalue weighted by Gasteiger charge is 2.40. The van der Waals surface area contributed by atoms with Gasteiger partial charge in [-0.05, 0) is 18.8 Å². The van der Waals surface area contributed by atoms with E-state index in [9.17, 15) is 4.79 Å². The number of hydrogen-bond acceptors (Lipinski definition) is 4. The summed E-state index contributed by atoms with van der Waals surface area (Å²) in [5.74, 6) is -0.0268. The van der Waals surface area contributed by atoms with Crippen molar-refractivity contribution in [3.8, 4) is 0 Å². The molecule has 4 N–H and O–H groups in total. The van der Waals surface area contributed by atoms with Crippen LogP contribution < -0.4 is 11.1 Å². The Hall–Kier alpha value is -1.30. The summed E-state index contributed by atoms with van der Waals surface area (Å²) in [6, 6.07) is -0.0959. The summed E-state index contributed by atoms with van der Waals surface area (Å²) in [5, 5.41) is 14.9. The van der Waals surface area contributed by atoms with Crippen LogP contribution in [0, 0.1) is 11.3 Å². The van der Waals surface area contributed by atoms with Gasteiger partial charge in [-0.3, -0.25) is 4.79 Å². The number of oxime groups is 1. The smallest absolute Gasteiger partial charge is 0.234 e. The molecule has 0 saturated carbocycles. The molecule has 0 rings (SSSR count). The van der Waals surface area contributed by atoms with Crippen molar-refractivity contribution in [1.82, 2.24) is 5.32 Å². The molecule has 0 aromatic rings. The largest absolute Gasteiger partial charge is 0.409 e. The number of amidine groups is 1. The minimum atomic E-state index is -0.963. The number of ether oxygens (including phenoxy) is 1. The van der Waals surface area contributed by atoms with Gasteiger partial charge in [-0.15, -0.1) is 0 Å². The van der Waals surface area contributed by atoms with Gasteiger partial charge in [0.05, 0.1) is 12.6 Å².